The molecule has 16 heavy (non-hydrogen) atoms. The summed E-state index contributed by atoms with van der Waals surface area (Å²) < 4.78 is 0. The van der Waals surface area contributed by atoms with Crippen LogP contribution in [0, 0.1) is 0 Å². The molecule has 1 fully saturated rings. The van der Waals surface area contributed by atoms with Crippen molar-refractivity contribution in [2.24, 2.45) is 0 Å². The summed E-state index contributed by atoms with van der Waals surface area (Å²) in [5.41, 5.74) is 0.852. The number of nitrogens with zero attached hydrogens (tertiary/aromatic N) is 2. The van der Waals surface area contributed by atoms with Crippen molar-refractivity contribution in [2.45, 2.75) is 31.8 Å². The van der Waals surface area contributed by atoms with Crippen LogP contribution in [0.2, 0.25) is 0 Å². The van der Waals surface area contributed by atoms with E-state index in [0.29, 0.717) is 0 Å². The van der Waals surface area contributed by atoms with E-state index in [2.05, 4.69) is 16.0 Å². The van der Waals surface area contributed by atoms with Gasteiger partial charge in [-0.1, -0.05) is 6.07 Å². The Morgan fingerprint density at radius 2 is 2.19 bits per heavy atom. The molecule has 0 bridgehead atoms. The Hall–Kier alpha value is -0.930. The quantitative estimate of drug-likeness (QED) is 0.838. The van der Waals surface area contributed by atoms with Crippen LogP contribution in [0.5, 0.6) is 0 Å². The molecular formula is C13H20N2O. The molecule has 1 saturated heterocycles. The van der Waals surface area contributed by atoms with Gasteiger partial charge in [-0.2, -0.15) is 0 Å². The van der Waals surface area contributed by atoms with Gasteiger partial charge >= 0.3 is 0 Å². The van der Waals surface area contributed by atoms with E-state index in [4.69, 9.17) is 0 Å². The highest BCUT2D eigenvalue weighted by Gasteiger charge is 2.26. The summed E-state index contributed by atoms with van der Waals surface area (Å²) in [4.78, 5) is 6.53. The van der Waals surface area contributed by atoms with Gasteiger partial charge in [0.2, 0.25) is 0 Å². The van der Waals surface area contributed by atoms with E-state index in [9.17, 15) is 5.11 Å². The van der Waals surface area contributed by atoms with Gasteiger partial charge in [0.05, 0.1) is 5.60 Å². The first-order valence-corrected chi connectivity index (χ1v) is 5.99. The Labute approximate surface area is 97.1 Å². The molecule has 1 N–H and O–H groups in total. The van der Waals surface area contributed by atoms with Crippen LogP contribution in [0.3, 0.4) is 0 Å². The first-order valence-electron chi connectivity index (χ1n) is 5.99. The molecule has 0 atom stereocenters. The topological polar surface area (TPSA) is 36.4 Å². The zero-order chi connectivity index (χ0) is 11.4. The summed E-state index contributed by atoms with van der Waals surface area (Å²) in [6.07, 6.45) is 6.57. The molecule has 0 unspecified atom stereocenters. The summed E-state index contributed by atoms with van der Waals surface area (Å²) in [5.74, 6) is 0. The molecule has 88 valence electrons. The zero-order valence-corrected chi connectivity index (χ0v) is 9.89. The van der Waals surface area contributed by atoms with Crippen molar-refractivity contribution in [3.05, 3.63) is 30.1 Å². The van der Waals surface area contributed by atoms with Crippen LogP contribution in [0.15, 0.2) is 24.5 Å². The monoisotopic (exact) mass is 220 g/mol. The molecule has 2 rings (SSSR count). The number of rotatable bonds is 3. The Morgan fingerprint density at radius 1 is 1.44 bits per heavy atom. The fourth-order valence-electron chi connectivity index (χ4n) is 2.09. The molecule has 0 aromatic carbocycles. The molecule has 1 aliphatic rings. The second-order valence-corrected chi connectivity index (χ2v) is 4.95. The second-order valence-electron chi connectivity index (χ2n) is 4.95. The van der Waals surface area contributed by atoms with Gasteiger partial charge in [0, 0.05) is 32.0 Å². The first-order chi connectivity index (χ1) is 7.66. The highest BCUT2D eigenvalue weighted by Crippen LogP contribution is 2.20. The van der Waals surface area contributed by atoms with Crippen LogP contribution < -0.4 is 0 Å². The van der Waals surface area contributed by atoms with Crippen LogP contribution in [0.25, 0.3) is 0 Å². The Balaban J connectivity index is 1.76. The molecule has 2 heterocycles. The predicted molar refractivity (Wildman–Crippen MR) is 64.2 cm³/mol. The summed E-state index contributed by atoms with van der Waals surface area (Å²) >= 11 is 0. The van der Waals surface area contributed by atoms with Gasteiger partial charge in [-0.25, -0.2) is 0 Å². The third-order valence-corrected chi connectivity index (χ3v) is 3.37. The molecule has 0 spiro atoms. The number of pyridine rings is 1. The molecule has 1 aromatic rings. The van der Waals surface area contributed by atoms with Gasteiger partial charge in [-0.05, 0) is 37.8 Å². The van der Waals surface area contributed by atoms with E-state index in [0.717, 1.165) is 38.9 Å². The van der Waals surface area contributed by atoms with Gasteiger partial charge in [-0.15, -0.1) is 0 Å². The average Bonchev–Trinajstić information content (AvgIpc) is 2.29. The van der Waals surface area contributed by atoms with E-state index in [1.807, 2.05) is 25.4 Å². The van der Waals surface area contributed by atoms with Crippen molar-refractivity contribution < 1.29 is 5.11 Å². The van der Waals surface area contributed by atoms with Crippen LogP contribution in [-0.4, -0.2) is 40.2 Å². The largest absolute Gasteiger partial charge is 0.390 e. The minimum absolute atomic E-state index is 0.440. The van der Waals surface area contributed by atoms with Gasteiger partial charge in [0.15, 0.2) is 0 Å². The SMILES string of the molecule is CC1(O)CCN(CCc2cccnc2)CC1. The Morgan fingerprint density at radius 3 is 2.81 bits per heavy atom. The summed E-state index contributed by atoms with van der Waals surface area (Å²) in [6.45, 7) is 5.02. The van der Waals surface area contributed by atoms with E-state index in [1.54, 1.807) is 0 Å². The lowest BCUT2D eigenvalue weighted by atomic mass is 9.94. The fourth-order valence-corrected chi connectivity index (χ4v) is 2.09. The number of likely N-dealkylation sites (tertiary alicyclic amines) is 1. The average molecular weight is 220 g/mol. The lowest BCUT2D eigenvalue weighted by Crippen LogP contribution is -2.43. The highest BCUT2D eigenvalue weighted by molar-refractivity contribution is 5.08. The Kier molecular flexibility index (Phi) is 3.56. The van der Waals surface area contributed by atoms with Gasteiger partial charge in [0.1, 0.15) is 0 Å². The maximum atomic E-state index is 9.84. The third kappa shape index (κ3) is 3.29. The smallest absolute Gasteiger partial charge is 0.0644 e. The molecule has 0 radical (unpaired) electrons. The predicted octanol–water partition coefficient (Wildman–Crippen LogP) is 1.47. The lowest BCUT2D eigenvalue weighted by molar-refractivity contribution is -0.00491. The second kappa shape index (κ2) is 4.93. The number of aromatic nitrogens is 1. The van der Waals surface area contributed by atoms with Crippen molar-refractivity contribution >= 4 is 0 Å². The highest BCUT2D eigenvalue weighted by atomic mass is 16.3. The maximum Gasteiger partial charge on any atom is 0.0644 e. The van der Waals surface area contributed by atoms with Gasteiger partial charge < -0.3 is 10.0 Å². The number of hydrogen-bond donors (Lipinski definition) is 1. The van der Waals surface area contributed by atoms with Crippen molar-refractivity contribution in [3.63, 3.8) is 0 Å². The van der Waals surface area contributed by atoms with Crippen molar-refractivity contribution in [2.75, 3.05) is 19.6 Å². The molecule has 0 saturated carbocycles. The minimum Gasteiger partial charge on any atom is -0.390 e. The standard InChI is InChI=1S/C13H20N2O/c1-13(16)5-9-15(10-6-13)8-4-12-3-2-7-14-11-12/h2-3,7,11,16H,4-6,8-10H2,1H3. The zero-order valence-electron chi connectivity index (χ0n) is 9.89. The van der Waals surface area contributed by atoms with E-state index in [1.165, 1.54) is 5.56 Å². The lowest BCUT2D eigenvalue weighted by Gasteiger charge is -2.35. The summed E-state index contributed by atoms with van der Waals surface area (Å²) in [5, 5.41) is 9.84. The van der Waals surface area contributed by atoms with Crippen LogP contribution in [0.4, 0.5) is 0 Å². The summed E-state index contributed by atoms with van der Waals surface area (Å²) in [6, 6.07) is 4.10. The molecular weight excluding hydrogens is 200 g/mol. The number of piperidine rings is 1. The van der Waals surface area contributed by atoms with Crippen LogP contribution in [0.1, 0.15) is 25.3 Å². The number of hydrogen-bond acceptors (Lipinski definition) is 3. The van der Waals surface area contributed by atoms with Gasteiger partial charge in [-0.3, -0.25) is 4.98 Å². The molecule has 1 aromatic heterocycles. The number of aliphatic hydroxyl groups is 1. The normalized spacial score (nSPS) is 20.9. The van der Waals surface area contributed by atoms with Crippen molar-refractivity contribution in [1.82, 2.24) is 9.88 Å². The molecule has 0 amide bonds. The van der Waals surface area contributed by atoms with Crippen LogP contribution >= 0.6 is 0 Å². The maximum absolute atomic E-state index is 9.84. The van der Waals surface area contributed by atoms with E-state index in [-0.39, 0.29) is 0 Å². The minimum atomic E-state index is -0.440. The molecule has 0 aliphatic carbocycles. The molecule has 3 heteroatoms. The fraction of sp³-hybridized carbons (Fsp3) is 0.615. The third-order valence-electron chi connectivity index (χ3n) is 3.37. The first kappa shape index (κ1) is 11.6. The molecule has 3 nitrogen and oxygen atoms in total. The van der Waals surface area contributed by atoms with E-state index < -0.39 is 5.60 Å². The summed E-state index contributed by atoms with van der Waals surface area (Å²) in [7, 11) is 0. The van der Waals surface area contributed by atoms with Crippen LogP contribution in [-0.2, 0) is 6.42 Å². The van der Waals surface area contributed by atoms with Gasteiger partial charge in [0.25, 0.3) is 0 Å². The molecule has 1 aliphatic heterocycles. The Bertz CT molecular complexity index is 314. The van der Waals surface area contributed by atoms with Crippen molar-refractivity contribution in [3.8, 4) is 0 Å². The van der Waals surface area contributed by atoms with E-state index >= 15 is 0 Å². The van der Waals surface area contributed by atoms with Crippen molar-refractivity contribution in [1.29, 1.82) is 0 Å².